The van der Waals surface area contributed by atoms with E-state index in [0.717, 1.165) is 0 Å². The molecule has 0 unspecified atom stereocenters. The Hall–Kier alpha value is -1.93. The van der Waals surface area contributed by atoms with Crippen LogP contribution in [0.25, 0.3) is 0 Å². The van der Waals surface area contributed by atoms with Gasteiger partial charge >= 0.3 is 0 Å². The first kappa shape index (κ1) is 15.5. The number of hydrogen-bond acceptors (Lipinski definition) is 6. The molecule has 114 valence electrons. The molecule has 7 nitrogen and oxygen atoms in total. The van der Waals surface area contributed by atoms with E-state index in [0.29, 0.717) is 23.0 Å². The van der Waals surface area contributed by atoms with Crippen molar-refractivity contribution in [3.8, 4) is 5.75 Å². The Balaban J connectivity index is 2.08. The standard InChI is InChI=1S/C13H17N3O4S/c1-8(2)13-15-12(20-16-13)7-19-10-4-5-11(9(3)6-10)21(14,17)18/h4-6,8H,7H2,1-3H3,(H2,14,17,18). The predicted molar refractivity (Wildman–Crippen MR) is 75.3 cm³/mol. The molecule has 0 bridgehead atoms. The zero-order valence-corrected chi connectivity index (χ0v) is 12.8. The van der Waals surface area contributed by atoms with Gasteiger partial charge < -0.3 is 9.26 Å². The summed E-state index contributed by atoms with van der Waals surface area (Å²) in [5.74, 6) is 1.67. The van der Waals surface area contributed by atoms with Crippen LogP contribution in [0.5, 0.6) is 5.75 Å². The van der Waals surface area contributed by atoms with Crippen molar-refractivity contribution in [2.45, 2.75) is 38.2 Å². The van der Waals surface area contributed by atoms with E-state index in [9.17, 15) is 8.42 Å². The van der Waals surface area contributed by atoms with E-state index in [-0.39, 0.29) is 17.4 Å². The highest BCUT2D eigenvalue weighted by Gasteiger charge is 2.13. The molecule has 8 heteroatoms. The summed E-state index contributed by atoms with van der Waals surface area (Å²) < 4.78 is 33.2. The van der Waals surface area contributed by atoms with Crippen LogP contribution < -0.4 is 9.88 Å². The Bertz CT molecular complexity index is 738. The summed E-state index contributed by atoms with van der Waals surface area (Å²) in [4.78, 5) is 4.26. The van der Waals surface area contributed by atoms with Crippen molar-refractivity contribution in [3.05, 3.63) is 35.5 Å². The van der Waals surface area contributed by atoms with Gasteiger partial charge in [0, 0.05) is 5.92 Å². The SMILES string of the molecule is Cc1cc(OCc2nc(C(C)C)no2)ccc1S(N)(=O)=O. The van der Waals surface area contributed by atoms with Gasteiger partial charge in [0.05, 0.1) is 4.90 Å². The number of primary sulfonamides is 1. The molecule has 2 rings (SSSR count). The van der Waals surface area contributed by atoms with E-state index >= 15 is 0 Å². The summed E-state index contributed by atoms with van der Waals surface area (Å²) >= 11 is 0. The number of aromatic nitrogens is 2. The smallest absolute Gasteiger partial charge is 0.264 e. The van der Waals surface area contributed by atoms with E-state index < -0.39 is 10.0 Å². The van der Waals surface area contributed by atoms with Gasteiger partial charge in [-0.15, -0.1) is 0 Å². The summed E-state index contributed by atoms with van der Waals surface area (Å²) in [5, 5.41) is 8.93. The topological polar surface area (TPSA) is 108 Å². The lowest BCUT2D eigenvalue weighted by Crippen LogP contribution is -2.13. The van der Waals surface area contributed by atoms with Crippen molar-refractivity contribution in [1.29, 1.82) is 0 Å². The van der Waals surface area contributed by atoms with Crippen LogP contribution in [0.3, 0.4) is 0 Å². The molecular formula is C13H17N3O4S. The van der Waals surface area contributed by atoms with E-state index in [1.165, 1.54) is 12.1 Å². The highest BCUT2D eigenvalue weighted by atomic mass is 32.2. The molecule has 21 heavy (non-hydrogen) atoms. The second kappa shape index (κ2) is 5.82. The molecule has 2 aromatic rings. The minimum absolute atomic E-state index is 0.0785. The zero-order chi connectivity index (χ0) is 15.6. The minimum Gasteiger partial charge on any atom is -0.484 e. The van der Waals surface area contributed by atoms with Crippen LogP contribution in [-0.2, 0) is 16.6 Å². The average Bonchev–Trinajstić information content (AvgIpc) is 2.83. The molecule has 0 aliphatic heterocycles. The maximum Gasteiger partial charge on any atom is 0.264 e. The largest absolute Gasteiger partial charge is 0.484 e. The second-order valence-corrected chi connectivity index (χ2v) is 6.49. The van der Waals surface area contributed by atoms with Crippen LogP contribution in [0.2, 0.25) is 0 Å². The summed E-state index contributed by atoms with van der Waals surface area (Å²) in [5.41, 5.74) is 0.517. The molecule has 0 saturated carbocycles. The average molecular weight is 311 g/mol. The van der Waals surface area contributed by atoms with Crippen molar-refractivity contribution in [3.63, 3.8) is 0 Å². The van der Waals surface area contributed by atoms with Crippen molar-refractivity contribution >= 4 is 10.0 Å². The van der Waals surface area contributed by atoms with Gasteiger partial charge in [-0.05, 0) is 30.7 Å². The van der Waals surface area contributed by atoms with E-state index in [2.05, 4.69) is 10.1 Å². The second-order valence-electron chi connectivity index (χ2n) is 4.96. The number of aryl methyl sites for hydroxylation is 1. The number of ether oxygens (including phenoxy) is 1. The number of nitrogens with zero attached hydrogens (tertiary/aromatic N) is 2. The van der Waals surface area contributed by atoms with Crippen LogP contribution in [-0.4, -0.2) is 18.6 Å². The normalized spacial score (nSPS) is 11.9. The van der Waals surface area contributed by atoms with Crippen LogP contribution in [0, 0.1) is 6.92 Å². The van der Waals surface area contributed by atoms with Crippen molar-refractivity contribution in [2.75, 3.05) is 0 Å². The number of benzene rings is 1. The predicted octanol–water partition coefficient (Wildman–Crippen LogP) is 1.73. The molecule has 0 saturated heterocycles. The van der Waals surface area contributed by atoms with Gasteiger partial charge in [0.2, 0.25) is 10.0 Å². The molecule has 0 amide bonds. The summed E-state index contributed by atoms with van der Waals surface area (Å²) in [6, 6.07) is 4.54. The third-order valence-corrected chi connectivity index (χ3v) is 3.89. The fraction of sp³-hybridized carbons (Fsp3) is 0.385. The molecule has 0 atom stereocenters. The van der Waals surface area contributed by atoms with Crippen molar-refractivity contribution < 1.29 is 17.7 Å². The molecule has 0 spiro atoms. The Kier molecular flexibility index (Phi) is 4.29. The van der Waals surface area contributed by atoms with Gasteiger partial charge in [-0.1, -0.05) is 19.0 Å². The highest BCUT2D eigenvalue weighted by molar-refractivity contribution is 7.89. The monoisotopic (exact) mass is 311 g/mol. The first-order valence-corrected chi connectivity index (χ1v) is 7.90. The number of hydrogen-bond donors (Lipinski definition) is 1. The maximum absolute atomic E-state index is 11.3. The third-order valence-electron chi connectivity index (χ3n) is 2.82. The lowest BCUT2D eigenvalue weighted by Gasteiger charge is -2.07. The quantitative estimate of drug-likeness (QED) is 0.900. The number of nitrogens with two attached hydrogens (primary N) is 1. The summed E-state index contributed by atoms with van der Waals surface area (Å²) in [6.45, 7) is 5.69. The first-order chi connectivity index (χ1) is 9.77. The molecule has 0 aliphatic carbocycles. The Morgan fingerprint density at radius 1 is 1.38 bits per heavy atom. The van der Waals surface area contributed by atoms with Crippen LogP contribution in [0.15, 0.2) is 27.6 Å². The van der Waals surface area contributed by atoms with Gasteiger partial charge in [-0.2, -0.15) is 4.98 Å². The lowest BCUT2D eigenvalue weighted by molar-refractivity contribution is 0.242. The van der Waals surface area contributed by atoms with E-state index in [4.69, 9.17) is 14.4 Å². The van der Waals surface area contributed by atoms with Gasteiger partial charge in [0.25, 0.3) is 5.89 Å². The fourth-order valence-corrected chi connectivity index (χ4v) is 2.50. The Morgan fingerprint density at radius 3 is 2.62 bits per heavy atom. The Morgan fingerprint density at radius 2 is 2.10 bits per heavy atom. The zero-order valence-electron chi connectivity index (χ0n) is 12.0. The van der Waals surface area contributed by atoms with Crippen LogP contribution in [0.4, 0.5) is 0 Å². The van der Waals surface area contributed by atoms with Gasteiger partial charge in [0.1, 0.15) is 5.75 Å². The Labute approximate surface area is 123 Å². The minimum atomic E-state index is -3.72. The van der Waals surface area contributed by atoms with E-state index in [1.807, 2.05) is 13.8 Å². The van der Waals surface area contributed by atoms with Gasteiger partial charge in [-0.25, -0.2) is 13.6 Å². The molecule has 0 radical (unpaired) electrons. The molecule has 1 aromatic carbocycles. The molecular weight excluding hydrogens is 294 g/mol. The molecule has 2 N–H and O–H groups in total. The summed E-state index contributed by atoms with van der Waals surface area (Å²) in [7, 11) is -3.72. The highest BCUT2D eigenvalue weighted by Crippen LogP contribution is 2.21. The summed E-state index contributed by atoms with van der Waals surface area (Å²) in [6.07, 6.45) is 0. The molecule has 0 fully saturated rings. The maximum atomic E-state index is 11.3. The van der Waals surface area contributed by atoms with Gasteiger partial charge in [0.15, 0.2) is 12.4 Å². The molecule has 1 heterocycles. The molecule has 1 aromatic heterocycles. The first-order valence-electron chi connectivity index (χ1n) is 6.36. The van der Waals surface area contributed by atoms with Gasteiger partial charge in [-0.3, -0.25) is 0 Å². The number of rotatable bonds is 5. The van der Waals surface area contributed by atoms with Crippen LogP contribution >= 0.6 is 0 Å². The fourth-order valence-electron chi connectivity index (χ4n) is 1.74. The van der Waals surface area contributed by atoms with Crippen LogP contribution in [0.1, 0.15) is 37.0 Å². The van der Waals surface area contributed by atoms with E-state index in [1.54, 1.807) is 13.0 Å². The third kappa shape index (κ3) is 3.79. The lowest BCUT2D eigenvalue weighted by atomic mass is 10.2. The van der Waals surface area contributed by atoms with Crippen molar-refractivity contribution in [1.82, 2.24) is 10.1 Å². The molecule has 0 aliphatic rings. The van der Waals surface area contributed by atoms with Crippen molar-refractivity contribution in [2.24, 2.45) is 5.14 Å². The number of sulfonamides is 1.